The lowest BCUT2D eigenvalue weighted by atomic mass is 9.84. The molecule has 10 heteroatoms. The first-order valence-electron chi connectivity index (χ1n) is 10.4. The quantitative estimate of drug-likeness (QED) is 0.293. The number of carbonyl (C=O) groups is 3. The molecule has 3 rings (SSSR count). The summed E-state index contributed by atoms with van der Waals surface area (Å²) in [5.41, 5.74) is -1.21. The van der Waals surface area contributed by atoms with Crippen molar-refractivity contribution < 1.29 is 48.6 Å². The number of ether oxygens (including phenoxy) is 4. The van der Waals surface area contributed by atoms with Gasteiger partial charge in [0.05, 0.1) is 53.9 Å². The average molecular weight is 452 g/mol. The Bertz CT molecular complexity index is 859. The summed E-state index contributed by atoms with van der Waals surface area (Å²) >= 11 is 0. The molecule has 2 aliphatic heterocycles. The van der Waals surface area contributed by atoms with Crippen LogP contribution in [0.25, 0.3) is 0 Å². The van der Waals surface area contributed by atoms with Gasteiger partial charge in [-0.15, -0.1) is 0 Å². The van der Waals surface area contributed by atoms with E-state index in [1.54, 1.807) is 0 Å². The molecule has 0 bridgehead atoms. The zero-order chi connectivity index (χ0) is 23.4. The van der Waals surface area contributed by atoms with Gasteiger partial charge in [0.2, 0.25) is 0 Å². The lowest BCUT2D eigenvalue weighted by molar-refractivity contribution is -0.253. The molecule has 2 heterocycles. The topological polar surface area (TPSA) is 138 Å². The first kappa shape index (κ1) is 24.1. The van der Waals surface area contributed by atoms with Gasteiger partial charge in [0.25, 0.3) is 0 Å². The summed E-state index contributed by atoms with van der Waals surface area (Å²) in [6, 6.07) is 2.23. The highest BCUT2D eigenvalue weighted by Gasteiger charge is 2.40. The average Bonchev–Trinajstić information content (AvgIpc) is 2.72. The summed E-state index contributed by atoms with van der Waals surface area (Å²) in [7, 11) is 0. The van der Waals surface area contributed by atoms with Crippen molar-refractivity contribution in [1.82, 2.24) is 0 Å². The zero-order valence-electron chi connectivity index (χ0n) is 18.2. The Morgan fingerprint density at radius 2 is 1.38 bits per heavy atom. The highest BCUT2D eigenvalue weighted by atomic mass is 17.1. The second-order valence-electron chi connectivity index (χ2n) is 8.48. The van der Waals surface area contributed by atoms with E-state index in [0.29, 0.717) is 26.4 Å². The van der Waals surface area contributed by atoms with E-state index in [1.807, 2.05) is 13.8 Å². The molecule has 0 spiro atoms. The Morgan fingerprint density at radius 1 is 0.875 bits per heavy atom. The van der Waals surface area contributed by atoms with E-state index >= 15 is 0 Å². The fraction of sp³-hybridized carbons (Fsp3) is 0.591. The summed E-state index contributed by atoms with van der Waals surface area (Å²) in [5.74, 6) is -3.02. The van der Waals surface area contributed by atoms with Crippen LogP contribution in [0.5, 0.6) is 0 Å². The van der Waals surface area contributed by atoms with Crippen molar-refractivity contribution in [1.29, 1.82) is 0 Å². The molecule has 10 nitrogen and oxygen atoms in total. The largest absolute Gasteiger partial charge is 0.478 e. The van der Waals surface area contributed by atoms with E-state index in [0.717, 1.165) is 25.0 Å². The van der Waals surface area contributed by atoms with Crippen molar-refractivity contribution in [3.8, 4) is 0 Å². The van der Waals surface area contributed by atoms with Crippen LogP contribution in [0.3, 0.4) is 0 Å². The molecule has 176 valence electrons. The fourth-order valence-electron chi connectivity index (χ4n) is 3.52. The van der Waals surface area contributed by atoms with E-state index < -0.39 is 24.5 Å². The Hall–Kier alpha value is -2.53. The summed E-state index contributed by atoms with van der Waals surface area (Å²) in [6.45, 7) is 5.50. The van der Waals surface area contributed by atoms with Gasteiger partial charge in [0, 0.05) is 0 Å². The second kappa shape index (κ2) is 9.95. The number of carboxylic acid groups (broad SMARTS) is 1. The molecular weight excluding hydrogens is 424 g/mol. The van der Waals surface area contributed by atoms with Gasteiger partial charge in [-0.25, -0.2) is 19.3 Å². The van der Waals surface area contributed by atoms with Crippen LogP contribution in [0.2, 0.25) is 0 Å². The monoisotopic (exact) mass is 452 g/mol. The van der Waals surface area contributed by atoms with Crippen molar-refractivity contribution in [2.24, 2.45) is 10.8 Å². The Labute approximate surface area is 185 Å². The van der Waals surface area contributed by atoms with Crippen molar-refractivity contribution in [2.75, 3.05) is 39.6 Å². The maximum atomic E-state index is 12.8. The third-order valence-electron chi connectivity index (χ3n) is 6.29. The number of hydrogen-bond donors (Lipinski definition) is 2. The third kappa shape index (κ3) is 4.93. The van der Waals surface area contributed by atoms with Gasteiger partial charge in [-0.05, 0) is 30.5 Å². The highest BCUT2D eigenvalue weighted by Crippen LogP contribution is 2.33. The fourth-order valence-corrected chi connectivity index (χ4v) is 3.52. The minimum atomic E-state index is -1.38. The molecule has 0 amide bonds. The summed E-state index contributed by atoms with van der Waals surface area (Å²) in [5, 5.41) is 18.5. The summed E-state index contributed by atoms with van der Waals surface area (Å²) in [4.78, 5) is 41.5. The van der Waals surface area contributed by atoms with Crippen molar-refractivity contribution in [3.05, 3.63) is 34.4 Å². The Balaban J connectivity index is 1.85. The number of aromatic carboxylic acids is 1. The molecule has 2 aliphatic rings. The molecule has 0 aromatic heterocycles. The van der Waals surface area contributed by atoms with Crippen molar-refractivity contribution >= 4 is 17.9 Å². The lowest BCUT2D eigenvalue weighted by Crippen LogP contribution is -2.46. The van der Waals surface area contributed by atoms with Crippen LogP contribution < -0.4 is 0 Å². The van der Waals surface area contributed by atoms with Gasteiger partial charge in [0.1, 0.15) is 19.8 Å². The number of hydrogen-bond acceptors (Lipinski definition) is 9. The van der Waals surface area contributed by atoms with E-state index in [4.69, 9.17) is 24.2 Å². The molecule has 0 aliphatic carbocycles. The Kier molecular flexibility index (Phi) is 7.50. The van der Waals surface area contributed by atoms with E-state index in [2.05, 4.69) is 4.89 Å². The van der Waals surface area contributed by atoms with Crippen LogP contribution in [0.1, 0.15) is 63.3 Å². The normalized spacial score (nSPS) is 18.2. The molecular formula is C22H28O10. The number of benzene rings is 1. The molecule has 2 N–H and O–H groups in total. The summed E-state index contributed by atoms with van der Waals surface area (Å²) in [6.07, 6.45) is 1.49. The molecule has 1 aromatic carbocycles. The zero-order valence-corrected chi connectivity index (χ0v) is 18.2. The van der Waals surface area contributed by atoms with Crippen LogP contribution in [0.15, 0.2) is 12.1 Å². The minimum absolute atomic E-state index is 0.0688. The smallest absolute Gasteiger partial charge is 0.339 e. The molecule has 32 heavy (non-hydrogen) atoms. The molecule has 0 atom stereocenters. The van der Waals surface area contributed by atoms with Gasteiger partial charge in [0.15, 0.2) is 0 Å². The summed E-state index contributed by atoms with van der Waals surface area (Å²) < 4.78 is 21.2. The number of esters is 2. The van der Waals surface area contributed by atoms with Crippen molar-refractivity contribution in [3.63, 3.8) is 0 Å². The van der Waals surface area contributed by atoms with Crippen LogP contribution in [-0.2, 0) is 30.4 Å². The van der Waals surface area contributed by atoms with Gasteiger partial charge in [-0.3, -0.25) is 5.26 Å². The van der Waals surface area contributed by atoms with Gasteiger partial charge in [-0.1, -0.05) is 13.8 Å². The van der Waals surface area contributed by atoms with E-state index in [9.17, 15) is 19.5 Å². The van der Waals surface area contributed by atoms with Gasteiger partial charge >= 0.3 is 17.9 Å². The molecule has 2 saturated heterocycles. The van der Waals surface area contributed by atoms with Crippen LogP contribution in [0, 0.1) is 10.8 Å². The minimum Gasteiger partial charge on any atom is -0.478 e. The maximum Gasteiger partial charge on any atom is 0.339 e. The number of carboxylic acids is 1. The first-order valence-corrected chi connectivity index (χ1v) is 10.4. The Morgan fingerprint density at radius 3 is 1.75 bits per heavy atom. The molecule has 0 saturated carbocycles. The van der Waals surface area contributed by atoms with E-state index in [1.165, 1.54) is 0 Å². The third-order valence-corrected chi connectivity index (χ3v) is 6.29. The van der Waals surface area contributed by atoms with Gasteiger partial charge in [-0.2, -0.15) is 0 Å². The van der Waals surface area contributed by atoms with Crippen LogP contribution >= 0.6 is 0 Å². The molecule has 2 fully saturated rings. The number of rotatable bonds is 11. The molecule has 0 unspecified atom stereocenters. The van der Waals surface area contributed by atoms with E-state index in [-0.39, 0.29) is 46.3 Å². The predicted molar refractivity (Wildman–Crippen MR) is 108 cm³/mol. The SMILES string of the molecule is CCC1(COC(=O)c2cc(C(=O)OCC3(CC)COC3)c(C(=O)O)cc2COO)COC1. The molecule has 1 aromatic rings. The van der Waals surface area contributed by atoms with Crippen molar-refractivity contribution in [2.45, 2.75) is 33.3 Å². The lowest BCUT2D eigenvalue weighted by Gasteiger charge is -2.40. The predicted octanol–water partition coefficient (Wildman–Crippen LogP) is 2.54. The van der Waals surface area contributed by atoms with Crippen LogP contribution in [0.4, 0.5) is 0 Å². The maximum absolute atomic E-state index is 12.8. The number of carbonyl (C=O) groups excluding carboxylic acids is 2. The second-order valence-corrected chi connectivity index (χ2v) is 8.48. The highest BCUT2D eigenvalue weighted by molar-refractivity contribution is 6.05. The van der Waals surface area contributed by atoms with Crippen LogP contribution in [-0.4, -0.2) is 67.9 Å². The first-order chi connectivity index (χ1) is 15.3. The molecule has 0 radical (unpaired) electrons. The standard InChI is InChI=1S/C22H28O10/c1-3-21(8-28-9-21)12-30-19(25)15-6-17(16(18(23)24)5-14(15)7-32-27)20(26)31-13-22(4-2)10-29-11-22/h5-6,27H,3-4,7-13H2,1-2H3,(H,23,24). The van der Waals surface area contributed by atoms with Gasteiger partial charge < -0.3 is 24.1 Å².